The van der Waals surface area contributed by atoms with Crippen LogP contribution in [0.15, 0.2) is 48.5 Å². The van der Waals surface area contributed by atoms with Crippen LogP contribution in [0.3, 0.4) is 0 Å². The van der Waals surface area contributed by atoms with Crippen molar-refractivity contribution >= 4 is 17.7 Å². The molecule has 2 aromatic carbocycles. The van der Waals surface area contributed by atoms with E-state index in [9.17, 15) is 4.79 Å². The van der Waals surface area contributed by atoms with E-state index in [1.807, 2.05) is 36.4 Å². The van der Waals surface area contributed by atoms with Gasteiger partial charge in [0, 0.05) is 11.5 Å². The van der Waals surface area contributed by atoms with E-state index in [-0.39, 0.29) is 5.97 Å². The minimum absolute atomic E-state index is 0.297. The Labute approximate surface area is 129 Å². The van der Waals surface area contributed by atoms with Gasteiger partial charge in [-0.05, 0) is 35.4 Å². The third kappa shape index (κ3) is 4.53. The highest BCUT2D eigenvalue weighted by Crippen LogP contribution is 2.21. The summed E-state index contributed by atoms with van der Waals surface area (Å²) in [6.45, 7) is 0. The molecule has 0 amide bonds. The van der Waals surface area contributed by atoms with E-state index in [4.69, 9.17) is 9.47 Å². The Morgan fingerprint density at radius 2 is 1.67 bits per heavy atom. The first kappa shape index (κ1) is 15.4. The van der Waals surface area contributed by atoms with Gasteiger partial charge in [-0.3, -0.25) is 0 Å². The summed E-state index contributed by atoms with van der Waals surface area (Å²) < 4.78 is 9.94. The van der Waals surface area contributed by atoms with Crippen LogP contribution in [-0.2, 0) is 16.2 Å². The molecule has 0 heterocycles. The van der Waals surface area contributed by atoms with E-state index < -0.39 is 0 Å². The monoisotopic (exact) mass is 302 g/mol. The van der Waals surface area contributed by atoms with Crippen LogP contribution in [0.4, 0.5) is 0 Å². The Hall–Kier alpha value is -1.94. The molecule has 0 spiro atoms. The molecule has 4 heteroatoms. The fourth-order valence-electron chi connectivity index (χ4n) is 1.95. The van der Waals surface area contributed by atoms with Gasteiger partial charge >= 0.3 is 5.97 Å². The number of rotatable bonds is 6. The van der Waals surface area contributed by atoms with Gasteiger partial charge in [0.15, 0.2) is 0 Å². The van der Waals surface area contributed by atoms with Crippen LogP contribution < -0.4 is 4.74 Å². The van der Waals surface area contributed by atoms with Crippen molar-refractivity contribution in [3.8, 4) is 5.75 Å². The second-order valence-corrected chi connectivity index (χ2v) is 5.52. The molecule has 110 valence electrons. The lowest BCUT2D eigenvalue weighted by atomic mass is 10.1. The zero-order valence-corrected chi connectivity index (χ0v) is 13.0. The second-order valence-electron chi connectivity index (χ2n) is 4.54. The molecule has 0 aliphatic heterocycles. The van der Waals surface area contributed by atoms with Crippen LogP contribution in [0.5, 0.6) is 5.75 Å². The first-order valence-electron chi connectivity index (χ1n) is 6.61. The predicted octanol–water partition coefficient (Wildman–Crippen LogP) is 3.92. The average molecular weight is 302 g/mol. The summed E-state index contributed by atoms with van der Waals surface area (Å²) >= 11 is 1.80. The smallest absolute Gasteiger partial charge is 0.337 e. The van der Waals surface area contributed by atoms with Crippen molar-refractivity contribution < 1.29 is 14.3 Å². The van der Waals surface area contributed by atoms with E-state index in [0.717, 1.165) is 22.8 Å². The maximum absolute atomic E-state index is 11.5. The molecule has 0 aromatic heterocycles. The van der Waals surface area contributed by atoms with E-state index in [1.54, 1.807) is 24.9 Å². The number of carbonyl (C=O) groups excluding carboxylic acids is 1. The Kier molecular flexibility index (Phi) is 5.69. The van der Waals surface area contributed by atoms with Crippen molar-refractivity contribution in [2.45, 2.75) is 11.5 Å². The van der Waals surface area contributed by atoms with Gasteiger partial charge in [-0.15, -0.1) is 0 Å². The normalized spacial score (nSPS) is 10.2. The Morgan fingerprint density at radius 1 is 1.00 bits per heavy atom. The van der Waals surface area contributed by atoms with Crippen molar-refractivity contribution in [3.63, 3.8) is 0 Å². The third-order valence-corrected chi connectivity index (χ3v) is 4.09. The lowest BCUT2D eigenvalue weighted by Gasteiger charge is -2.06. The van der Waals surface area contributed by atoms with Crippen LogP contribution in [0.25, 0.3) is 0 Å². The van der Waals surface area contributed by atoms with Gasteiger partial charge in [-0.25, -0.2) is 4.79 Å². The largest absolute Gasteiger partial charge is 0.497 e. The lowest BCUT2D eigenvalue weighted by Crippen LogP contribution is -2.01. The topological polar surface area (TPSA) is 35.5 Å². The molecule has 0 saturated heterocycles. The second kappa shape index (κ2) is 7.74. The van der Waals surface area contributed by atoms with Crippen LogP contribution in [0.2, 0.25) is 0 Å². The maximum atomic E-state index is 11.5. The average Bonchev–Trinajstić information content (AvgIpc) is 2.54. The zero-order chi connectivity index (χ0) is 15.1. The summed E-state index contributed by atoms with van der Waals surface area (Å²) in [7, 11) is 3.07. The number of ether oxygens (including phenoxy) is 2. The maximum Gasteiger partial charge on any atom is 0.337 e. The number of methoxy groups -OCH3 is 2. The lowest BCUT2D eigenvalue weighted by molar-refractivity contribution is 0.0600. The SMILES string of the molecule is COC(=O)c1cccc(CSCc2cccc(OC)c2)c1. The molecule has 0 aliphatic carbocycles. The molecular formula is C17H18O3S. The molecule has 2 rings (SSSR count). The quantitative estimate of drug-likeness (QED) is 0.758. The number of carbonyl (C=O) groups is 1. The van der Waals surface area contributed by atoms with Crippen LogP contribution >= 0.6 is 11.8 Å². The minimum atomic E-state index is -0.297. The summed E-state index contributed by atoms with van der Waals surface area (Å²) in [5, 5.41) is 0. The zero-order valence-electron chi connectivity index (χ0n) is 12.2. The van der Waals surface area contributed by atoms with Gasteiger partial charge in [0.05, 0.1) is 19.8 Å². The fraction of sp³-hybridized carbons (Fsp3) is 0.235. The molecule has 3 nitrogen and oxygen atoms in total. The van der Waals surface area contributed by atoms with Crippen molar-refractivity contribution in [2.75, 3.05) is 14.2 Å². The van der Waals surface area contributed by atoms with Crippen LogP contribution in [0, 0.1) is 0 Å². The van der Waals surface area contributed by atoms with Crippen molar-refractivity contribution in [1.82, 2.24) is 0 Å². The summed E-state index contributed by atoms with van der Waals surface area (Å²) in [6.07, 6.45) is 0. The molecule has 0 unspecified atom stereocenters. The third-order valence-electron chi connectivity index (χ3n) is 3.02. The first-order valence-corrected chi connectivity index (χ1v) is 7.76. The fourth-order valence-corrected chi connectivity index (χ4v) is 2.89. The Morgan fingerprint density at radius 3 is 2.33 bits per heavy atom. The number of hydrogen-bond acceptors (Lipinski definition) is 4. The highest BCUT2D eigenvalue weighted by Gasteiger charge is 2.05. The summed E-state index contributed by atoms with van der Waals surface area (Å²) in [6, 6.07) is 15.6. The molecule has 0 fully saturated rings. The van der Waals surface area contributed by atoms with E-state index >= 15 is 0 Å². The number of thioether (sulfide) groups is 1. The standard InChI is InChI=1S/C17H18O3S/c1-19-16-8-4-6-14(10-16)12-21-11-13-5-3-7-15(9-13)17(18)20-2/h3-10H,11-12H2,1-2H3. The summed E-state index contributed by atoms with van der Waals surface area (Å²) in [5.74, 6) is 2.33. The van der Waals surface area contributed by atoms with E-state index in [0.29, 0.717) is 5.56 Å². The van der Waals surface area contributed by atoms with Crippen LogP contribution in [0.1, 0.15) is 21.5 Å². The van der Waals surface area contributed by atoms with Crippen LogP contribution in [-0.4, -0.2) is 20.2 Å². The minimum Gasteiger partial charge on any atom is -0.497 e. The molecule has 0 N–H and O–H groups in total. The van der Waals surface area contributed by atoms with Gasteiger partial charge in [-0.2, -0.15) is 11.8 Å². The van der Waals surface area contributed by atoms with E-state index in [1.165, 1.54) is 12.7 Å². The molecule has 0 atom stereocenters. The number of benzene rings is 2. The Balaban J connectivity index is 1.92. The summed E-state index contributed by atoms with van der Waals surface area (Å²) in [5.41, 5.74) is 2.94. The molecule has 0 radical (unpaired) electrons. The van der Waals surface area contributed by atoms with Gasteiger partial charge in [0.1, 0.15) is 5.75 Å². The predicted molar refractivity (Wildman–Crippen MR) is 85.8 cm³/mol. The van der Waals surface area contributed by atoms with Crippen molar-refractivity contribution in [1.29, 1.82) is 0 Å². The summed E-state index contributed by atoms with van der Waals surface area (Å²) in [4.78, 5) is 11.5. The molecule has 0 saturated carbocycles. The molecule has 0 aliphatic rings. The van der Waals surface area contributed by atoms with Crippen molar-refractivity contribution in [2.24, 2.45) is 0 Å². The first-order chi connectivity index (χ1) is 10.2. The van der Waals surface area contributed by atoms with Gasteiger partial charge in [0.25, 0.3) is 0 Å². The Bertz CT molecular complexity index is 610. The highest BCUT2D eigenvalue weighted by molar-refractivity contribution is 7.97. The van der Waals surface area contributed by atoms with E-state index in [2.05, 4.69) is 6.07 Å². The van der Waals surface area contributed by atoms with Gasteiger partial charge in [0.2, 0.25) is 0 Å². The van der Waals surface area contributed by atoms with Crippen molar-refractivity contribution in [3.05, 3.63) is 65.2 Å². The number of hydrogen-bond donors (Lipinski definition) is 0. The molecule has 21 heavy (non-hydrogen) atoms. The van der Waals surface area contributed by atoms with Gasteiger partial charge < -0.3 is 9.47 Å². The highest BCUT2D eigenvalue weighted by atomic mass is 32.2. The molecule has 2 aromatic rings. The molecular weight excluding hydrogens is 284 g/mol. The van der Waals surface area contributed by atoms with Gasteiger partial charge in [-0.1, -0.05) is 24.3 Å². The molecule has 0 bridgehead atoms. The number of esters is 1.